The highest BCUT2D eigenvalue weighted by atomic mass is 32.2. The number of hydrogen-bond donors (Lipinski definition) is 0. The molecule has 4 rings (SSSR count). The number of carbonyl (C=O) groups is 1. The van der Waals surface area contributed by atoms with E-state index in [1.807, 2.05) is 43.3 Å². The quantitative estimate of drug-likeness (QED) is 0.238. The van der Waals surface area contributed by atoms with E-state index in [0.29, 0.717) is 17.2 Å². The van der Waals surface area contributed by atoms with E-state index in [9.17, 15) is 13.2 Å². The first-order valence-corrected chi connectivity index (χ1v) is 14.8. The molecule has 3 aromatic carbocycles. The lowest BCUT2D eigenvalue weighted by Gasteiger charge is -2.22. The molecule has 1 heterocycles. The number of rotatable bonds is 12. The number of amides is 1. The van der Waals surface area contributed by atoms with Gasteiger partial charge in [0, 0.05) is 32.9 Å². The Kier molecular flexibility index (Phi) is 9.47. The predicted molar refractivity (Wildman–Crippen MR) is 155 cm³/mol. The zero-order chi connectivity index (χ0) is 28.0. The maximum atomic E-state index is 13.8. The Bertz CT molecular complexity index is 1470. The summed E-state index contributed by atoms with van der Waals surface area (Å²) in [5.74, 6) is -0.258. The zero-order valence-electron chi connectivity index (χ0n) is 22.6. The van der Waals surface area contributed by atoms with Crippen LogP contribution in [0.15, 0.2) is 71.6 Å². The molecule has 4 aromatic rings. The van der Waals surface area contributed by atoms with Gasteiger partial charge in [0.05, 0.1) is 34.9 Å². The van der Waals surface area contributed by atoms with Crippen molar-refractivity contribution in [3.63, 3.8) is 0 Å². The highest BCUT2D eigenvalue weighted by molar-refractivity contribution is 7.89. The van der Waals surface area contributed by atoms with Gasteiger partial charge in [0.15, 0.2) is 5.13 Å². The van der Waals surface area contributed by atoms with Gasteiger partial charge in [-0.25, -0.2) is 13.4 Å². The lowest BCUT2D eigenvalue weighted by molar-refractivity contribution is 0.0985. The van der Waals surface area contributed by atoms with Crippen LogP contribution in [0.3, 0.4) is 0 Å². The van der Waals surface area contributed by atoms with Crippen LogP contribution in [0.5, 0.6) is 0 Å². The molecule has 0 fully saturated rings. The molecule has 0 aliphatic carbocycles. The fraction of sp³-hybridized carbons (Fsp3) is 0.310. The second-order valence-corrected chi connectivity index (χ2v) is 12.1. The van der Waals surface area contributed by atoms with E-state index in [1.54, 1.807) is 17.0 Å². The fourth-order valence-electron chi connectivity index (χ4n) is 4.09. The maximum Gasteiger partial charge on any atom is 0.260 e. The fourth-order valence-corrected chi connectivity index (χ4v) is 6.54. The summed E-state index contributed by atoms with van der Waals surface area (Å²) in [7, 11) is -0.748. The molecule has 0 radical (unpaired) electrons. The molecule has 0 atom stereocenters. The number of fused-ring (bicyclic) bond motifs is 1. The number of thiazole rings is 1. The Hall–Kier alpha value is -3.15. The minimum Gasteiger partial charge on any atom is -0.383 e. The number of anilines is 1. The Morgan fingerprint density at radius 1 is 0.897 bits per heavy atom. The topological polar surface area (TPSA) is 89.0 Å². The molecule has 0 unspecified atom stereocenters. The number of aryl methyl sites for hydroxylation is 2. The van der Waals surface area contributed by atoms with Crippen molar-refractivity contribution in [3.8, 4) is 0 Å². The summed E-state index contributed by atoms with van der Waals surface area (Å²) >= 11 is 1.46. The molecule has 1 aromatic heterocycles. The lowest BCUT2D eigenvalue weighted by Crippen LogP contribution is -2.36. The molecule has 0 bridgehead atoms. The van der Waals surface area contributed by atoms with Crippen molar-refractivity contribution in [2.24, 2.45) is 0 Å². The summed E-state index contributed by atoms with van der Waals surface area (Å²) in [6.45, 7) is 5.35. The van der Waals surface area contributed by atoms with Crippen molar-refractivity contribution in [3.05, 3.63) is 89.0 Å². The molecular formula is C29H33N3O5S2. The highest BCUT2D eigenvalue weighted by Gasteiger charge is 2.26. The van der Waals surface area contributed by atoms with Gasteiger partial charge < -0.3 is 9.47 Å². The molecule has 0 N–H and O–H groups in total. The van der Waals surface area contributed by atoms with Crippen molar-refractivity contribution in [2.45, 2.75) is 25.3 Å². The number of ether oxygens (including phenoxy) is 2. The summed E-state index contributed by atoms with van der Waals surface area (Å²) < 4.78 is 39.1. The van der Waals surface area contributed by atoms with Crippen LogP contribution < -0.4 is 4.90 Å². The zero-order valence-corrected chi connectivity index (χ0v) is 24.2. The number of methoxy groups -OCH3 is 2. The van der Waals surface area contributed by atoms with Crippen LogP contribution in [0.2, 0.25) is 0 Å². The van der Waals surface area contributed by atoms with Gasteiger partial charge in [0.1, 0.15) is 0 Å². The van der Waals surface area contributed by atoms with Crippen LogP contribution in [-0.2, 0) is 26.0 Å². The predicted octanol–water partition coefficient (Wildman–Crippen LogP) is 5.04. The average Bonchev–Trinajstić information content (AvgIpc) is 3.34. The van der Waals surface area contributed by atoms with E-state index in [1.165, 1.54) is 47.6 Å². The third-order valence-corrected chi connectivity index (χ3v) is 9.43. The molecule has 39 heavy (non-hydrogen) atoms. The molecule has 0 saturated heterocycles. The molecule has 0 spiro atoms. The van der Waals surface area contributed by atoms with E-state index in [0.717, 1.165) is 21.3 Å². The maximum absolute atomic E-state index is 13.8. The smallest absolute Gasteiger partial charge is 0.260 e. The number of carbonyl (C=O) groups excluding carboxylic acids is 1. The first kappa shape index (κ1) is 28.8. The Morgan fingerprint density at radius 2 is 1.51 bits per heavy atom. The second-order valence-electron chi connectivity index (χ2n) is 9.19. The number of sulfonamides is 1. The van der Waals surface area contributed by atoms with E-state index >= 15 is 0 Å². The number of hydrogen-bond acceptors (Lipinski definition) is 7. The molecule has 8 nitrogen and oxygen atoms in total. The monoisotopic (exact) mass is 567 g/mol. The van der Waals surface area contributed by atoms with E-state index < -0.39 is 10.0 Å². The van der Waals surface area contributed by atoms with Crippen molar-refractivity contribution in [1.29, 1.82) is 0 Å². The number of benzene rings is 3. The summed E-state index contributed by atoms with van der Waals surface area (Å²) in [6.07, 6.45) is 0. The van der Waals surface area contributed by atoms with Crippen molar-refractivity contribution >= 4 is 42.6 Å². The lowest BCUT2D eigenvalue weighted by atomic mass is 10.1. The second kappa shape index (κ2) is 12.8. The van der Waals surface area contributed by atoms with Crippen molar-refractivity contribution in [1.82, 2.24) is 9.29 Å². The van der Waals surface area contributed by atoms with Gasteiger partial charge in [-0.05, 0) is 66.9 Å². The summed E-state index contributed by atoms with van der Waals surface area (Å²) in [4.78, 5) is 20.4. The van der Waals surface area contributed by atoms with Crippen molar-refractivity contribution < 1.29 is 22.7 Å². The SMILES string of the molecule is COCCN(CCOC)S(=O)(=O)c1ccc(C(=O)N(Cc2ccccc2)c2nc3cc(C)c(C)cc3s2)cc1. The van der Waals surface area contributed by atoms with Gasteiger partial charge in [0.25, 0.3) is 5.91 Å². The third kappa shape index (κ3) is 6.71. The van der Waals surface area contributed by atoms with Gasteiger partial charge in [0.2, 0.25) is 10.0 Å². The van der Waals surface area contributed by atoms with Crippen LogP contribution >= 0.6 is 11.3 Å². The van der Waals surface area contributed by atoms with Gasteiger partial charge in [-0.3, -0.25) is 9.69 Å². The molecule has 206 valence electrons. The van der Waals surface area contributed by atoms with Crippen LogP contribution in [0.4, 0.5) is 5.13 Å². The third-order valence-electron chi connectivity index (χ3n) is 6.48. The largest absolute Gasteiger partial charge is 0.383 e. The Labute approximate surface area is 233 Å². The first-order valence-electron chi connectivity index (χ1n) is 12.6. The van der Waals surface area contributed by atoms with E-state index in [-0.39, 0.29) is 37.1 Å². The summed E-state index contributed by atoms with van der Waals surface area (Å²) in [5, 5.41) is 0.589. The number of nitrogens with zero attached hydrogens (tertiary/aromatic N) is 3. The molecule has 0 aliphatic rings. The normalized spacial score (nSPS) is 11.8. The first-order chi connectivity index (χ1) is 18.7. The minimum absolute atomic E-state index is 0.104. The van der Waals surface area contributed by atoms with Crippen LogP contribution in [-0.4, -0.2) is 64.1 Å². The van der Waals surface area contributed by atoms with Crippen LogP contribution in [0.1, 0.15) is 27.0 Å². The number of aromatic nitrogens is 1. The standard InChI is InChI=1S/C29H33N3O5S2/c1-21-18-26-27(19-22(21)2)38-29(30-26)32(20-23-8-6-5-7-9-23)28(33)24-10-12-25(13-11-24)39(34,35)31(14-16-36-3)15-17-37-4/h5-13,18-19H,14-17,20H2,1-4H3. The van der Waals surface area contributed by atoms with E-state index in [4.69, 9.17) is 14.5 Å². The van der Waals surface area contributed by atoms with Gasteiger partial charge in [-0.15, -0.1) is 0 Å². The van der Waals surface area contributed by atoms with Crippen LogP contribution in [0, 0.1) is 13.8 Å². The molecule has 10 heteroatoms. The van der Waals surface area contributed by atoms with Gasteiger partial charge >= 0.3 is 0 Å². The van der Waals surface area contributed by atoms with Gasteiger partial charge in [-0.2, -0.15) is 4.31 Å². The van der Waals surface area contributed by atoms with E-state index in [2.05, 4.69) is 13.0 Å². The Morgan fingerprint density at radius 3 is 2.13 bits per heavy atom. The molecule has 1 amide bonds. The Balaban J connectivity index is 1.66. The summed E-state index contributed by atoms with van der Waals surface area (Å²) in [6, 6.07) is 19.9. The molecule has 0 aliphatic heterocycles. The summed E-state index contributed by atoms with van der Waals surface area (Å²) in [5.41, 5.74) is 4.49. The molecular weight excluding hydrogens is 534 g/mol. The minimum atomic E-state index is -3.80. The highest BCUT2D eigenvalue weighted by Crippen LogP contribution is 2.32. The van der Waals surface area contributed by atoms with Crippen LogP contribution in [0.25, 0.3) is 10.2 Å². The average molecular weight is 568 g/mol. The molecule has 0 saturated carbocycles. The van der Waals surface area contributed by atoms with Crippen molar-refractivity contribution in [2.75, 3.05) is 45.4 Å². The van der Waals surface area contributed by atoms with Gasteiger partial charge in [-0.1, -0.05) is 41.7 Å².